The fraction of sp³-hybridized carbons (Fsp3) is 0.400. The Kier molecular flexibility index (Phi) is 5.66. The molecule has 3 rings (SSSR count). The average molecular weight is 340 g/mol. The van der Waals surface area contributed by atoms with Crippen molar-refractivity contribution >= 4 is 11.8 Å². The summed E-state index contributed by atoms with van der Waals surface area (Å²) in [5, 5.41) is 0. The maximum atomic E-state index is 12.7. The number of rotatable bonds is 5. The van der Waals surface area contributed by atoms with Crippen molar-refractivity contribution in [3.8, 4) is 0 Å². The third kappa shape index (κ3) is 4.17. The Hall–Kier alpha value is -2.40. The summed E-state index contributed by atoms with van der Waals surface area (Å²) >= 11 is 0. The van der Waals surface area contributed by atoms with Crippen molar-refractivity contribution in [1.29, 1.82) is 0 Å². The Morgan fingerprint density at radius 3 is 2.60 bits per heavy atom. The van der Waals surface area contributed by atoms with Crippen LogP contribution >= 0.6 is 0 Å². The number of ether oxygens (including phenoxy) is 1. The summed E-state index contributed by atoms with van der Waals surface area (Å²) in [6.45, 7) is 5.91. The highest BCUT2D eigenvalue weighted by atomic mass is 16.5. The van der Waals surface area contributed by atoms with Crippen LogP contribution in [0.1, 0.15) is 18.4 Å². The third-order valence-electron chi connectivity index (χ3n) is 4.75. The summed E-state index contributed by atoms with van der Waals surface area (Å²) in [7, 11) is 0. The van der Waals surface area contributed by atoms with Gasteiger partial charge in [-0.05, 0) is 24.5 Å². The molecule has 5 heteroatoms. The van der Waals surface area contributed by atoms with E-state index in [-0.39, 0.29) is 17.9 Å². The lowest BCUT2D eigenvalue weighted by molar-refractivity contribution is -0.142. The highest BCUT2D eigenvalue weighted by molar-refractivity contribution is 5.94. The highest BCUT2D eigenvalue weighted by Gasteiger charge is 2.34. The van der Waals surface area contributed by atoms with Gasteiger partial charge in [0.1, 0.15) is 6.04 Å². The maximum absolute atomic E-state index is 12.7. The minimum Gasteiger partial charge on any atom is -0.373 e. The first kappa shape index (κ1) is 17.4. The molecule has 0 saturated carbocycles. The van der Waals surface area contributed by atoms with Gasteiger partial charge in [0, 0.05) is 19.6 Å². The van der Waals surface area contributed by atoms with Crippen LogP contribution in [0.5, 0.6) is 0 Å². The van der Waals surface area contributed by atoms with Gasteiger partial charge < -0.3 is 14.5 Å². The van der Waals surface area contributed by atoms with E-state index in [1.54, 1.807) is 4.90 Å². The van der Waals surface area contributed by atoms with Gasteiger partial charge in [-0.25, -0.2) is 0 Å². The fourth-order valence-electron chi connectivity index (χ4n) is 3.30. The first-order chi connectivity index (χ1) is 12.2. The number of benzene rings is 1. The van der Waals surface area contributed by atoms with E-state index in [0.29, 0.717) is 26.2 Å². The molecule has 25 heavy (non-hydrogen) atoms. The highest BCUT2D eigenvalue weighted by Crippen LogP contribution is 2.19. The molecule has 1 fully saturated rings. The molecular formula is C20H24N2O3. The van der Waals surface area contributed by atoms with Crippen LogP contribution in [0.3, 0.4) is 0 Å². The molecule has 2 aliphatic rings. The number of piperidine rings is 1. The van der Waals surface area contributed by atoms with E-state index in [9.17, 15) is 9.59 Å². The number of carbonyl (C=O) groups excluding carboxylic acids is 2. The van der Waals surface area contributed by atoms with Crippen molar-refractivity contribution in [2.75, 3.05) is 19.6 Å². The van der Waals surface area contributed by atoms with Gasteiger partial charge in [0.05, 0.1) is 12.7 Å². The molecule has 0 aliphatic carbocycles. The van der Waals surface area contributed by atoms with Gasteiger partial charge in [0.25, 0.3) is 0 Å². The third-order valence-corrected chi connectivity index (χ3v) is 4.75. The van der Waals surface area contributed by atoms with Gasteiger partial charge >= 0.3 is 0 Å². The maximum Gasteiger partial charge on any atom is 0.249 e. The molecule has 1 saturated heterocycles. The second-order valence-electron chi connectivity index (χ2n) is 6.39. The molecule has 1 aromatic carbocycles. The zero-order valence-corrected chi connectivity index (χ0v) is 14.3. The summed E-state index contributed by atoms with van der Waals surface area (Å²) < 4.78 is 5.97. The van der Waals surface area contributed by atoms with Crippen molar-refractivity contribution < 1.29 is 14.3 Å². The van der Waals surface area contributed by atoms with Crippen molar-refractivity contribution in [3.63, 3.8) is 0 Å². The summed E-state index contributed by atoms with van der Waals surface area (Å²) in [4.78, 5) is 28.0. The van der Waals surface area contributed by atoms with Crippen LogP contribution in [0, 0.1) is 0 Å². The lowest BCUT2D eigenvalue weighted by Gasteiger charge is -2.35. The van der Waals surface area contributed by atoms with Crippen LogP contribution in [-0.4, -0.2) is 53.4 Å². The Bertz CT molecular complexity index is 648. The molecular weight excluding hydrogens is 316 g/mol. The number of hydrogen-bond donors (Lipinski definition) is 0. The molecule has 1 aromatic rings. The standard InChI is InChI=1S/C20H24N2O3/c1-2-19(23)22-12-6-9-18(22)20(24)21-13-10-17(11-14-21)25-15-16-7-4-3-5-8-16/h2-9,17-18H,1,10-15H2/t18-/m0/s1. The summed E-state index contributed by atoms with van der Waals surface area (Å²) in [5.74, 6) is -0.213. The molecule has 0 N–H and O–H groups in total. The largest absolute Gasteiger partial charge is 0.373 e. The molecule has 0 bridgehead atoms. The second-order valence-corrected chi connectivity index (χ2v) is 6.39. The van der Waals surface area contributed by atoms with Gasteiger partial charge in [0.2, 0.25) is 11.8 Å². The summed E-state index contributed by atoms with van der Waals surface area (Å²) in [5.41, 5.74) is 1.16. The number of amides is 2. The fourth-order valence-corrected chi connectivity index (χ4v) is 3.30. The molecule has 0 spiro atoms. The smallest absolute Gasteiger partial charge is 0.249 e. The van der Waals surface area contributed by atoms with E-state index >= 15 is 0 Å². The van der Waals surface area contributed by atoms with Crippen LogP contribution in [-0.2, 0) is 20.9 Å². The topological polar surface area (TPSA) is 49.9 Å². The predicted molar refractivity (Wildman–Crippen MR) is 95.7 cm³/mol. The van der Waals surface area contributed by atoms with E-state index in [2.05, 4.69) is 18.7 Å². The van der Waals surface area contributed by atoms with Crippen LogP contribution in [0.2, 0.25) is 0 Å². The zero-order chi connectivity index (χ0) is 17.6. The monoisotopic (exact) mass is 340 g/mol. The molecule has 0 aromatic heterocycles. The lowest BCUT2D eigenvalue weighted by Crippen LogP contribution is -2.50. The van der Waals surface area contributed by atoms with Crippen LogP contribution < -0.4 is 0 Å². The van der Waals surface area contributed by atoms with Gasteiger partial charge in [-0.1, -0.05) is 49.1 Å². The van der Waals surface area contributed by atoms with Crippen LogP contribution in [0.15, 0.2) is 55.1 Å². The quantitative estimate of drug-likeness (QED) is 0.610. The molecule has 0 radical (unpaired) electrons. The van der Waals surface area contributed by atoms with Gasteiger partial charge in [-0.15, -0.1) is 0 Å². The Labute approximate surface area is 148 Å². The molecule has 1 atom stereocenters. The minimum atomic E-state index is -0.493. The number of nitrogens with zero attached hydrogens (tertiary/aromatic N) is 2. The molecule has 132 valence electrons. The van der Waals surface area contributed by atoms with Crippen molar-refractivity contribution in [2.24, 2.45) is 0 Å². The number of hydrogen-bond acceptors (Lipinski definition) is 3. The van der Waals surface area contributed by atoms with E-state index in [1.807, 2.05) is 35.3 Å². The molecule has 2 amide bonds. The molecule has 2 aliphatic heterocycles. The van der Waals surface area contributed by atoms with Crippen molar-refractivity contribution in [1.82, 2.24) is 9.80 Å². The van der Waals surface area contributed by atoms with E-state index in [0.717, 1.165) is 18.4 Å². The van der Waals surface area contributed by atoms with E-state index < -0.39 is 6.04 Å². The Balaban J connectivity index is 1.48. The number of likely N-dealkylation sites (tertiary alicyclic amines) is 1. The first-order valence-corrected chi connectivity index (χ1v) is 8.73. The second kappa shape index (κ2) is 8.12. The lowest BCUT2D eigenvalue weighted by atomic mass is 10.1. The predicted octanol–water partition coefficient (Wildman–Crippen LogP) is 2.15. The van der Waals surface area contributed by atoms with Crippen LogP contribution in [0.4, 0.5) is 0 Å². The molecule has 5 nitrogen and oxygen atoms in total. The van der Waals surface area contributed by atoms with E-state index in [4.69, 9.17) is 4.74 Å². The Morgan fingerprint density at radius 2 is 1.92 bits per heavy atom. The SMILES string of the molecule is C=CC(=O)N1CC=C[C@H]1C(=O)N1CCC(OCc2ccccc2)CC1. The van der Waals surface area contributed by atoms with Gasteiger partial charge in [-0.2, -0.15) is 0 Å². The first-order valence-electron chi connectivity index (χ1n) is 8.73. The van der Waals surface area contributed by atoms with Crippen molar-refractivity contribution in [2.45, 2.75) is 31.6 Å². The van der Waals surface area contributed by atoms with Crippen LogP contribution in [0.25, 0.3) is 0 Å². The Morgan fingerprint density at radius 1 is 1.20 bits per heavy atom. The molecule has 0 unspecified atom stereocenters. The van der Waals surface area contributed by atoms with Crippen molar-refractivity contribution in [3.05, 3.63) is 60.7 Å². The zero-order valence-electron chi connectivity index (χ0n) is 14.3. The van der Waals surface area contributed by atoms with Gasteiger partial charge in [0.15, 0.2) is 0 Å². The summed E-state index contributed by atoms with van der Waals surface area (Å²) in [6.07, 6.45) is 6.75. The minimum absolute atomic E-state index is 0.00883. The van der Waals surface area contributed by atoms with E-state index in [1.165, 1.54) is 6.08 Å². The summed E-state index contributed by atoms with van der Waals surface area (Å²) in [6, 6.07) is 9.61. The molecule has 2 heterocycles. The average Bonchev–Trinajstić information content (AvgIpc) is 3.16. The van der Waals surface area contributed by atoms with Gasteiger partial charge in [-0.3, -0.25) is 9.59 Å². The normalized spacial score (nSPS) is 20.7. The number of carbonyl (C=O) groups is 2.